The van der Waals surface area contributed by atoms with E-state index in [1.165, 1.54) is 12.1 Å². The average molecular weight is 354 g/mol. The Morgan fingerprint density at radius 1 is 1.19 bits per heavy atom. The van der Waals surface area contributed by atoms with Gasteiger partial charge in [0.2, 0.25) is 5.95 Å². The molecule has 6 nitrogen and oxygen atoms in total. The van der Waals surface area contributed by atoms with Gasteiger partial charge >= 0.3 is 0 Å². The van der Waals surface area contributed by atoms with Crippen LogP contribution >= 0.6 is 0 Å². The lowest BCUT2D eigenvalue weighted by atomic mass is 9.69. The van der Waals surface area contributed by atoms with Crippen molar-refractivity contribution in [3.63, 3.8) is 0 Å². The van der Waals surface area contributed by atoms with Crippen LogP contribution in [0.3, 0.4) is 0 Å². The topological polar surface area (TPSA) is 101 Å². The van der Waals surface area contributed by atoms with Gasteiger partial charge in [-0.2, -0.15) is 4.98 Å². The van der Waals surface area contributed by atoms with Gasteiger partial charge in [0.05, 0.1) is 5.56 Å². The molecule has 1 aromatic carbocycles. The van der Waals surface area contributed by atoms with Crippen molar-refractivity contribution in [2.75, 3.05) is 11.1 Å². The molecule has 0 fully saturated rings. The predicted octanol–water partition coefficient (Wildman–Crippen LogP) is 2.69. The number of H-pyrrole nitrogens is 1. The number of aromatic amines is 1. The Morgan fingerprint density at radius 3 is 2.58 bits per heavy atom. The summed E-state index contributed by atoms with van der Waals surface area (Å²) in [6.07, 6.45) is 1.04. The number of carbonyl (C=O) groups is 1. The second-order valence-electron chi connectivity index (χ2n) is 7.66. The third-order valence-electron chi connectivity index (χ3n) is 4.94. The van der Waals surface area contributed by atoms with Gasteiger partial charge in [0.15, 0.2) is 5.78 Å². The summed E-state index contributed by atoms with van der Waals surface area (Å²) in [4.78, 5) is 32.3. The van der Waals surface area contributed by atoms with E-state index < -0.39 is 11.5 Å². The maximum Gasteiger partial charge on any atom is 0.258 e. The summed E-state index contributed by atoms with van der Waals surface area (Å²) in [5.41, 5.74) is 7.41. The van der Waals surface area contributed by atoms with E-state index in [1.54, 1.807) is 12.1 Å². The number of Topliss-reactive ketones (excluding diaryl/α,β-unsaturated/α-hetero) is 1. The van der Waals surface area contributed by atoms with Crippen LogP contribution in [0.2, 0.25) is 0 Å². The first-order chi connectivity index (χ1) is 12.2. The molecule has 1 aromatic heterocycles. The first-order valence-electron chi connectivity index (χ1n) is 8.43. The highest BCUT2D eigenvalue weighted by atomic mass is 19.1. The molecule has 0 saturated heterocycles. The first-order valence-corrected chi connectivity index (χ1v) is 8.43. The van der Waals surface area contributed by atoms with Gasteiger partial charge in [-0.05, 0) is 29.5 Å². The molecule has 4 rings (SSSR count). The summed E-state index contributed by atoms with van der Waals surface area (Å²) in [6, 6.07) is 5.85. The normalized spacial score (nSPS) is 21.0. The Morgan fingerprint density at radius 2 is 1.88 bits per heavy atom. The van der Waals surface area contributed by atoms with E-state index in [0.29, 0.717) is 35.4 Å². The van der Waals surface area contributed by atoms with Gasteiger partial charge in [-0.15, -0.1) is 0 Å². The highest BCUT2D eigenvalue weighted by Gasteiger charge is 2.42. The van der Waals surface area contributed by atoms with E-state index in [9.17, 15) is 14.0 Å². The number of ketones is 1. The number of hydrogen-bond acceptors (Lipinski definition) is 5. The van der Waals surface area contributed by atoms with Crippen molar-refractivity contribution in [2.24, 2.45) is 5.41 Å². The first kappa shape index (κ1) is 16.5. The Kier molecular flexibility index (Phi) is 3.50. The predicted molar refractivity (Wildman–Crippen MR) is 96.2 cm³/mol. The number of hydrogen-bond donors (Lipinski definition) is 3. The number of fused-ring (bicyclic) bond motifs is 1. The maximum atomic E-state index is 13.4. The van der Waals surface area contributed by atoms with Crippen LogP contribution in [-0.2, 0) is 4.79 Å². The van der Waals surface area contributed by atoms with Crippen molar-refractivity contribution >= 4 is 17.5 Å². The van der Waals surface area contributed by atoms with Gasteiger partial charge in [0.1, 0.15) is 11.6 Å². The van der Waals surface area contributed by atoms with Crippen molar-refractivity contribution in [2.45, 2.75) is 32.6 Å². The number of nitrogens with two attached hydrogens (primary N) is 1. The quantitative estimate of drug-likeness (QED) is 0.731. The fraction of sp³-hybridized carbons (Fsp3) is 0.316. The molecule has 2 aromatic rings. The molecule has 0 spiro atoms. The molecule has 0 saturated carbocycles. The Bertz CT molecular complexity index is 1010. The second kappa shape index (κ2) is 5.52. The smallest absolute Gasteiger partial charge is 0.258 e. The summed E-state index contributed by atoms with van der Waals surface area (Å²) in [6.45, 7) is 4.05. The lowest BCUT2D eigenvalue weighted by molar-refractivity contribution is -0.118. The molecule has 0 radical (unpaired) electrons. The third-order valence-corrected chi connectivity index (χ3v) is 4.94. The molecule has 4 N–H and O–H groups in total. The summed E-state index contributed by atoms with van der Waals surface area (Å²) in [5, 5.41) is 3.15. The number of allylic oxidation sites excluding steroid dienone is 2. The molecule has 0 unspecified atom stereocenters. The van der Waals surface area contributed by atoms with E-state index in [4.69, 9.17) is 5.73 Å². The average Bonchev–Trinajstić information content (AvgIpc) is 2.52. The van der Waals surface area contributed by atoms with Gasteiger partial charge in [0.25, 0.3) is 5.56 Å². The zero-order valence-electron chi connectivity index (χ0n) is 14.5. The highest BCUT2D eigenvalue weighted by molar-refractivity contribution is 6.01. The number of aromatic nitrogens is 2. The largest absolute Gasteiger partial charge is 0.369 e. The van der Waals surface area contributed by atoms with Gasteiger partial charge < -0.3 is 11.1 Å². The summed E-state index contributed by atoms with van der Waals surface area (Å²) in [7, 11) is 0. The third kappa shape index (κ3) is 2.60. The standard InChI is InChI=1S/C19H19FN4O2/c1-19(2)7-11-14(12(25)8-19)13(9-3-5-10(20)6-4-9)15-16(22-11)23-18(21)24-17(15)26/h3-6,13H,7-8H2,1-2H3,(H4,21,22,23,24,26)/t13-/m0/s1. The molecule has 0 bridgehead atoms. The van der Waals surface area contributed by atoms with Gasteiger partial charge in [0, 0.05) is 23.6 Å². The van der Waals surface area contributed by atoms with E-state index in [0.717, 1.165) is 5.70 Å². The Labute approximate surface area is 149 Å². The van der Waals surface area contributed by atoms with E-state index in [-0.39, 0.29) is 23.0 Å². The maximum absolute atomic E-state index is 13.4. The monoisotopic (exact) mass is 354 g/mol. The minimum Gasteiger partial charge on any atom is -0.369 e. The number of nitrogens with one attached hydrogen (secondary N) is 2. The molecule has 1 aliphatic heterocycles. The summed E-state index contributed by atoms with van der Waals surface area (Å²) in [5.74, 6) is -0.630. The molecule has 1 aliphatic carbocycles. The van der Waals surface area contributed by atoms with Crippen LogP contribution in [0, 0.1) is 11.2 Å². The van der Waals surface area contributed by atoms with Crippen molar-refractivity contribution in [1.82, 2.24) is 9.97 Å². The minimum atomic E-state index is -0.595. The molecule has 2 aliphatic rings. The van der Waals surface area contributed by atoms with E-state index >= 15 is 0 Å². The highest BCUT2D eigenvalue weighted by Crippen LogP contribution is 2.47. The zero-order chi connectivity index (χ0) is 18.6. The molecule has 2 heterocycles. The molecule has 0 amide bonds. The van der Waals surface area contributed by atoms with Gasteiger partial charge in [-0.25, -0.2) is 4.39 Å². The van der Waals surface area contributed by atoms with Crippen LogP contribution in [-0.4, -0.2) is 15.8 Å². The molecule has 26 heavy (non-hydrogen) atoms. The molecular weight excluding hydrogens is 335 g/mol. The van der Waals surface area contributed by atoms with Crippen molar-refractivity contribution in [1.29, 1.82) is 0 Å². The van der Waals surface area contributed by atoms with Crippen molar-refractivity contribution < 1.29 is 9.18 Å². The molecule has 7 heteroatoms. The van der Waals surface area contributed by atoms with Crippen molar-refractivity contribution in [3.8, 4) is 0 Å². The van der Waals surface area contributed by atoms with Gasteiger partial charge in [-0.1, -0.05) is 26.0 Å². The number of anilines is 2. The fourth-order valence-corrected chi connectivity index (χ4v) is 3.92. The minimum absolute atomic E-state index is 0.00422. The molecular formula is C19H19FN4O2. The van der Waals surface area contributed by atoms with Crippen molar-refractivity contribution in [3.05, 3.63) is 62.8 Å². The second-order valence-corrected chi connectivity index (χ2v) is 7.66. The fourth-order valence-electron chi connectivity index (χ4n) is 3.92. The Hall–Kier alpha value is -2.96. The zero-order valence-corrected chi connectivity index (χ0v) is 14.5. The lowest BCUT2D eigenvalue weighted by Gasteiger charge is -2.38. The van der Waals surface area contributed by atoms with Crippen LogP contribution in [0.5, 0.6) is 0 Å². The van der Waals surface area contributed by atoms with Crippen LogP contribution in [0.1, 0.15) is 43.7 Å². The number of halogens is 1. The number of carbonyl (C=O) groups excluding carboxylic acids is 1. The number of benzene rings is 1. The van der Waals surface area contributed by atoms with E-state index in [1.807, 2.05) is 13.8 Å². The van der Waals surface area contributed by atoms with Crippen LogP contribution in [0.4, 0.5) is 16.2 Å². The van der Waals surface area contributed by atoms with Crippen LogP contribution in [0.15, 0.2) is 40.3 Å². The Balaban J connectivity index is 1.99. The molecule has 134 valence electrons. The van der Waals surface area contributed by atoms with Crippen LogP contribution < -0.4 is 16.6 Å². The molecule has 1 atom stereocenters. The lowest BCUT2D eigenvalue weighted by Crippen LogP contribution is -2.37. The number of rotatable bonds is 1. The summed E-state index contributed by atoms with van der Waals surface area (Å²) < 4.78 is 13.4. The number of nitrogens with zero attached hydrogens (tertiary/aromatic N) is 1. The van der Waals surface area contributed by atoms with Gasteiger partial charge in [-0.3, -0.25) is 14.6 Å². The summed E-state index contributed by atoms with van der Waals surface area (Å²) >= 11 is 0. The number of nitrogen functional groups attached to an aromatic ring is 1. The van der Waals surface area contributed by atoms with Crippen LogP contribution in [0.25, 0.3) is 0 Å². The van der Waals surface area contributed by atoms with E-state index in [2.05, 4.69) is 15.3 Å². The SMILES string of the molecule is CC1(C)CC(=O)C2=C(C1)Nc1nc(N)[nH]c(=O)c1[C@H]2c1ccc(F)cc1.